The standard InChI is InChI=1S/C25H20F6N4O3S/c26-24(27,28)16-3-2-14(17(9-16)25(29,30)31)12-34-18-4-1-13(7-15(18)10-33-34)8-21-22(37)35(23(38)39-21)19-5-6-32-11-20(19)36/h1-4,7-10,19-20,32,36H,5-6,11-12H2/b21-8-/t19?,20-/m0/s1. The molecule has 0 bridgehead atoms. The Morgan fingerprint density at radius 3 is 2.54 bits per heavy atom. The van der Waals surface area contributed by atoms with Crippen molar-refractivity contribution in [2.24, 2.45) is 0 Å². The van der Waals surface area contributed by atoms with E-state index in [1.807, 2.05) is 0 Å². The highest BCUT2D eigenvalue weighted by molar-refractivity contribution is 8.18. The average molecular weight is 571 g/mol. The number of piperidine rings is 1. The molecule has 0 radical (unpaired) electrons. The number of β-amino-alcohol motifs (C(OH)–C–C–N with tert-alkyl or cyclic N) is 1. The lowest BCUT2D eigenvalue weighted by Gasteiger charge is -2.33. The number of carbonyl (C=O) groups is 2. The molecule has 2 aliphatic rings. The van der Waals surface area contributed by atoms with Gasteiger partial charge in [0.25, 0.3) is 11.1 Å². The number of halogens is 6. The predicted octanol–water partition coefficient (Wildman–Crippen LogP) is 4.88. The zero-order chi connectivity index (χ0) is 28.1. The molecule has 3 heterocycles. The molecule has 14 heteroatoms. The summed E-state index contributed by atoms with van der Waals surface area (Å²) in [5.74, 6) is -0.520. The number of hydrogen-bond acceptors (Lipinski definition) is 6. The van der Waals surface area contributed by atoms with Crippen molar-refractivity contribution in [2.75, 3.05) is 13.1 Å². The van der Waals surface area contributed by atoms with Crippen molar-refractivity contribution in [3.05, 3.63) is 69.8 Å². The Hall–Kier alpha value is -3.36. The van der Waals surface area contributed by atoms with Gasteiger partial charge in [0.05, 0.1) is 46.4 Å². The van der Waals surface area contributed by atoms with Gasteiger partial charge in [-0.05, 0) is 66.2 Å². The molecule has 0 saturated carbocycles. The van der Waals surface area contributed by atoms with Gasteiger partial charge < -0.3 is 10.4 Å². The lowest BCUT2D eigenvalue weighted by Crippen LogP contribution is -2.54. The maximum Gasteiger partial charge on any atom is 0.416 e. The molecule has 3 aromatic rings. The second-order valence-electron chi connectivity index (χ2n) is 9.17. The first-order valence-electron chi connectivity index (χ1n) is 11.7. The first kappa shape index (κ1) is 27.2. The van der Waals surface area contributed by atoms with Gasteiger partial charge in [0.15, 0.2) is 0 Å². The second kappa shape index (κ2) is 9.99. The minimum Gasteiger partial charge on any atom is -0.390 e. The third kappa shape index (κ3) is 5.40. The summed E-state index contributed by atoms with van der Waals surface area (Å²) in [6, 6.07) is 5.64. The van der Waals surface area contributed by atoms with E-state index in [4.69, 9.17) is 0 Å². The van der Waals surface area contributed by atoms with Crippen LogP contribution in [-0.4, -0.2) is 56.2 Å². The van der Waals surface area contributed by atoms with E-state index >= 15 is 0 Å². The van der Waals surface area contributed by atoms with Crippen LogP contribution in [0.5, 0.6) is 0 Å². The Balaban J connectivity index is 1.40. The summed E-state index contributed by atoms with van der Waals surface area (Å²) in [5, 5.41) is 17.3. The molecule has 5 rings (SSSR count). The summed E-state index contributed by atoms with van der Waals surface area (Å²) in [5.41, 5.74) is -2.21. The van der Waals surface area contributed by atoms with Crippen LogP contribution >= 0.6 is 11.8 Å². The third-order valence-electron chi connectivity index (χ3n) is 6.60. The van der Waals surface area contributed by atoms with E-state index in [-0.39, 0.29) is 23.1 Å². The maximum absolute atomic E-state index is 13.6. The number of aliphatic hydroxyl groups excluding tert-OH is 1. The summed E-state index contributed by atoms with van der Waals surface area (Å²) < 4.78 is 80.9. The fourth-order valence-corrected chi connectivity index (χ4v) is 5.57. The maximum atomic E-state index is 13.6. The van der Waals surface area contributed by atoms with Gasteiger partial charge in [0.1, 0.15) is 0 Å². The molecular formula is C25H20F6N4O3S. The Kier molecular flexibility index (Phi) is 6.97. The normalized spacial score (nSPS) is 21.9. The second-order valence-corrected chi connectivity index (χ2v) is 10.2. The Bertz CT molecular complexity index is 1480. The number of carbonyl (C=O) groups excluding carboxylic acids is 2. The number of benzene rings is 2. The topological polar surface area (TPSA) is 87.5 Å². The van der Waals surface area contributed by atoms with Crippen molar-refractivity contribution in [1.29, 1.82) is 0 Å². The molecule has 2 fully saturated rings. The first-order chi connectivity index (χ1) is 18.3. The van der Waals surface area contributed by atoms with Crippen LogP contribution < -0.4 is 5.32 Å². The molecule has 0 spiro atoms. The third-order valence-corrected chi connectivity index (χ3v) is 7.48. The number of amides is 2. The highest BCUT2D eigenvalue weighted by Gasteiger charge is 2.43. The highest BCUT2D eigenvalue weighted by Crippen LogP contribution is 2.38. The molecular weight excluding hydrogens is 550 g/mol. The number of fused-ring (bicyclic) bond motifs is 1. The molecule has 206 valence electrons. The SMILES string of the molecule is O=C1S/C(=C\c2ccc3c(cnn3Cc3ccc(C(F)(F)F)cc3C(F)(F)F)c2)C(=O)N1C1CCNC[C@@H]1O. The minimum absolute atomic E-state index is 0.0923. The number of aromatic nitrogens is 2. The lowest BCUT2D eigenvalue weighted by atomic mass is 10.0. The zero-order valence-electron chi connectivity index (χ0n) is 19.9. The Morgan fingerprint density at radius 2 is 1.85 bits per heavy atom. The van der Waals surface area contributed by atoms with Gasteiger partial charge >= 0.3 is 12.4 Å². The summed E-state index contributed by atoms with van der Waals surface area (Å²) in [7, 11) is 0. The summed E-state index contributed by atoms with van der Waals surface area (Å²) in [6.07, 6.45) is -7.48. The van der Waals surface area contributed by atoms with Crippen molar-refractivity contribution in [1.82, 2.24) is 20.0 Å². The fraction of sp³-hybridized carbons (Fsp3) is 0.320. The smallest absolute Gasteiger partial charge is 0.390 e. The fourth-order valence-electron chi connectivity index (χ4n) is 4.68. The largest absolute Gasteiger partial charge is 0.416 e. The summed E-state index contributed by atoms with van der Waals surface area (Å²) in [6.45, 7) is 0.399. The molecule has 2 saturated heterocycles. The number of nitrogens with zero attached hydrogens (tertiary/aromatic N) is 3. The van der Waals surface area contributed by atoms with Crippen LogP contribution in [0.2, 0.25) is 0 Å². The van der Waals surface area contributed by atoms with Crippen LogP contribution in [-0.2, 0) is 23.7 Å². The van der Waals surface area contributed by atoms with E-state index in [9.17, 15) is 41.0 Å². The van der Waals surface area contributed by atoms with Gasteiger partial charge in [-0.25, -0.2) is 0 Å². The van der Waals surface area contributed by atoms with Crippen LogP contribution in [0.3, 0.4) is 0 Å². The molecule has 0 aliphatic carbocycles. The predicted molar refractivity (Wildman–Crippen MR) is 130 cm³/mol. The van der Waals surface area contributed by atoms with Crippen LogP contribution in [0.4, 0.5) is 31.1 Å². The Morgan fingerprint density at radius 1 is 1.08 bits per heavy atom. The van der Waals surface area contributed by atoms with Crippen molar-refractivity contribution in [2.45, 2.75) is 37.5 Å². The van der Waals surface area contributed by atoms with Gasteiger partial charge in [-0.3, -0.25) is 19.2 Å². The van der Waals surface area contributed by atoms with Gasteiger partial charge in [-0.15, -0.1) is 0 Å². The molecule has 1 unspecified atom stereocenters. The monoisotopic (exact) mass is 570 g/mol. The summed E-state index contributed by atoms with van der Waals surface area (Å²) in [4.78, 5) is 26.7. The van der Waals surface area contributed by atoms with E-state index in [1.165, 1.54) is 17.0 Å². The number of hydrogen-bond donors (Lipinski definition) is 2. The van der Waals surface area contributed by atoms with Gasteiger partial charge in [0, 0.05) is 11.9 Å². The van der Waals surface area contributed by atoms with E-state index in [2.05, 4.69) is 10.4 Å². The molecule has 7 nitrogen and oxygen atoms in total. The van der Waals surface area contributed by atoms with E-state index < -0.39 is 53.3 Å². The van der Waals surface area contributed by atoms with Crippen LogP contribution in [0.25, 0.3) is 17.0 Å². The van der Waals surface area contributed by atoms with E-state index in [0.29, 0.717) is 35.5 Å². The zero-order valence-corrected chi connectivity index (χ0v) is 20.7. The summed E-state index contributed by atoms with van der Waals surface area (Å²) >= 11 is 0.751. The van der Waals surface area contributed by atoms with Crippen molar-refractivity contribution < 1.29 is 41.0 Å². The molecule has 2 atom stereocenters. The number of imide groups is 1. The van der Waals surface area contributed by atoms with Crippen LogP contribution in [0.15, 0.2) is 47.5 Å². The average Bonchev–Trinajstić information content (AvgIpc) is 3.37. The highest BCUT2D eigenvalue weighted by atomic mass is 32.2. The number of rotatable bonds is 4. The molecule has 2 amide bonds. The van der Waals surface area contributed by atoms with Gasteiger partial charge in [0.2, 0.25) is 0 Å². The number of aliphatic hydroxyl groups is 1. The molecule has 2 aromatic carbocycles. The quantitative estimate of drug-likeness (QED) is 0.344. The minimum atomic E-state index is -5.00. The first-order valence-corrected chi connectivity index (χ1v) is 12.5. The van der Waals surface area contributed by atoms with Gasteiger partial charge in [-0.2, -0.15) is 31.4 Å². The molecule has 39 heavy (non-hydrogen) atoms. The molecule has 1 aromatic heterocycles. The van der Waals surface area contributed by atoms with E-state index in [1.54, 1.807) is 18.2 Å². The van der Waals surface area contributed by atoms with Crippen LogP contribution in [0.1, 0.15) is 28.7 Å². The number of alkyl halides is 6. The van der Waals surface area contributed by atoms with Crippen molar-refractivity contribution >= 4 is 39.9 Å². The lowest BCUT2D eigenvalue weighted by molar-refractivity contribution is -0.143. The Labute approximate surface area is 221 Å². The number of nitrogens with one attached hydrogen (secondary N) is 1. The van der Waals surface area contributed by atoms with Crippen molar-refractivity contribution in [3.8, 4) is 0 Å². The van der Waals surface area contributed by atoms with E-state index in [0.717, 1.165) is 22.7 Å². The van der Waals surface area contributed by atoms with Crippen LogP contribution in [0, 0.1) is 0 Å². The number of thioether (sulfide) groups is 1. The van der Waals surface area contributed by atoms with Gasteiger partial charge in [-0.1, -0.05) is 12.1 Å². The molecule has 2 N–H and O–H groups in total. The van der Waals surface area contributed by atoms with Crippen molar-refractivity contribution in [3.63, 3.8) is 0 Å². The molecule has 2 aliphatic heterocycles.